The Balaban J connectivity index is 2.08. The van der Waals surface area contributed by atoms with Gasteiger partial charge in [0.1, 0.15) is 0 Å². The van der Waals surface area contributed by atoms with Gasteiger partial charge in [0, 0.05) is 0 Å². The SMILES string of the molecule is O=[P+](C[P+](=O)c1ccccc1)c1ccccc1. The molecule has 0 radical (unpaired) electrons. The van der Waals surface area contributed by atoms with E-state index >= 15 is 0 Å². The molecule has 0 saturated heterocycles. The second-order valence-corrected chi connectivity index (χ2v) is 7.25. The van der Waals surface area contributed by atoms with Crippen LogP contribution in [0.5, 0.6) is 0 Å². The lowest BCUT2D eigenvalue weighted by atomic mass is 10.4. The fraction of sp³-hybridized carbons (Fsp3) is 0.0769. The Kier molecular flexibility index (Phi) is 4.14. The summed E-state index contributed by atoms with van der Waals surface area (Å²) in [6.45, 7) is 0. The van der Waals surface area contributed by atoms with E-state index in [1.165, 1.54) is 0 Å². The maximum Gasteiger partial charge on any atom is 0.428 e. The predicted octanol–water partition coefficient (Wildman–Crippen LogP) is 3.25. The summed E-state index contributed by atoms with van der Waals surface area (Å²) in [4.78, 5) is 0. The molecule has 0 bridgehead atoms. The van der Waals surface area contributed by atoms with Crippen molar-refractivity contribution in [1.29, 1.82) is 0 Å². The van der Waals surface area contributed by atoms with E-state index in [4.69, 9.17) is 0 Å². The lowest BCUT2D eigenvalue weighted by Crippen LogP contribution is -2.00. The van der Waals surface area contributed by atoms with Crippen molar-refractivity contribution in [3.8, 4) is 0 Å². The maximum atomic E-state index is 12.0. The first-order chi connectivity index (χ1) is 8.27. The van der Waals surface area contributed by atoms with Gasteiger partial charge in [0.25, 0.3) is 0 Å². The van der Waals surface area contributed by atoms with E-state index in [2.05, 4.69) is 0 Å². The first kappa shape index (κ1) is 12.1. The Morgan fingerprint density at radius 1 is 0.647 bits per heavy atom. The molecule has 4 heteroatoms. The molecule has 0 aromatic heterocycles. The van der Waals surface area contributed by atoms with Crippen LogP contribution in [0.25, 0.3) is 0 Å². The molecular weight excluding hydrogens is 250 g/mol. The lowest BCUT2D eigenvalue weighted by Gasteiger charge is -1.84. The molecule has 2 aromatic rings. The third-order valence-corrected chi connectivity index (χ3v) is 6.15. The van der Waals surface area contributed by atoms with Crippen LogP contribution in [-0.2, 0) is 9.13 Å². The van der Waals surface area contributed by atoms with Crippen LogP contribution in [0.1, 0.15) is 0 Å². The number of hydrogen-bond donors (Lipinski definition) is 0. The van der Waals surface area contributed by atoms with Crippen molar-refractivity contribution in [2.45, 2.75) is 0 Å². The van der Waals surface area contributed by atoms with E-state index in [1.54, 1.807) is 0 Å². The topological polar surface area (TPSA) is 34.1 Å². The zero-order valence-corrected chi connectivity index (χ0v) is 11.0. The minimum atomic E-state index is -1.57. The monoisotopic (exact) mass is 262 g/mol. The number of hydrogen-bond acceptors (Lipinski definition) is 2. The fourth-order valence-electron chi connectivity index (χ4n) is 1.47. The highest BCUT2D eigenvalue weighted by Crippen LogP contribution is 2.34. The predicted molar refractivity (Wildman–Crippen MR) is 72.2 cm³/mol. The Morgan fingerprint density at radius 3 is 1.35 bits per heavy atom. The van der Waals surface area contributed by atoms with Crippen LogP contribution in [0.4, 0.5) is 0 Å². The summed E-state index contributed by atoms with van der Waals surface area (Å²) in [6.07, 6.45) is 0. The van der Waals surface area contributed by atoms with E-state index in [0.29, 0.717) is 0 Å². The van der Waals surface area contributed by atoms with Gasteiger partial charge in [-0.05, 0) is 24.3 Å². The van der Waals surface area contributed by atoms with Gasteiger partial charge in [-0.3, -0.25) is 0 Å². The zero-order valence-electron chi connectivity index (χ0n) is 9.19. The first-order valence-electron chi connectivity index (χ1n) is 5.27. The Bertz CT molecular complexity index is 474. The van der Waals surface area contributed by atoms with Gasteiger partial charge in [-0.1, -0.05) is 45.5 Å². The normalized spacial score (nSPS) is 12.0. The van der Waals surface area contributed by atoms with Gasteiger partial charge in [-0.25, -0.2) is 0 Å². The summed E-state index contributed by atoms with van der Waals surface area (Å²) in [5.74, 6) is 0.221. The summed E-state index contributed by atoms with van der Waals surface area (Å²) >= 11 is 0. The summed E-state index contributed by atoms with van der Waals surface area (Å²) in [5, 5.41) is 1.53. The van der Waals surface area contributed by atoms with Gasteiger partial charge in [0.05, 0.1) is 0 Å². The van der Waals surface area contributed by atoms with Crippen molar-refractivity contribution in [3.63, 3.8) is 0 Å². The van der Waals surface area contributed by atoms with Gasteiger partial charge < -0.3 is 0 Å². The molecule has 0 spiro atoms. The van der Waals surface area contributed by atoms with Crippen molar-refractivity contribution in [2.24, 2.45) is 0 Å². The Morgan fingerprint density at radius 2 is 1.00 bits per heavy atom. The molecular formula is C13H12O2P2+2. The van der Waals surface area contributed by atoms with Crippen molar-refractivity contribution in [3.05, 3.63) is 60.7 Å². The quantitative estimate of drug-likeness (QED) is 0.792. The highest BCUT2D eigenvalue weighted by atomic mass is 31.2. The highest BCUT2D eigenvalue weighted by Gasteiger charge is 2.34. The van der Waals surface area contributed by atoms with E-state index in [0.717, 1.165) is 10.6 Å². The molecule has 2 unspecified atom stereocenters. The molecule has 0 amide bonds. The second-order valence-electron chi connectivity index (χ2n) is 3.57. The lowest BCUT2D eigenvalue weighted by molar-refractivity contribution is 0.589. The molecule has 0 aliphatic heterocycles. The van der Waals surface area contributed by atoms with Gasteiger partial charge in [0.15, 0.2) is 10.6 Å². The third kappa shape index (κ3) is 3.30. The highest BCUT2D eigenvalue weighted by molar-refractivity contribution is 7.70. The van der Waals surface area contributed by atoms with Crippen LogP contribution in [0, 0.1) is 0 Å². The number of rotatable bonds is 4. The van der Waals surface area contributed by atoms with Crippen LogP contribution in [0.2, 0.25) is 0 Å². The van der Waals surface area contributed by atoms with E-state index in [9.17, 15) is 9.13 Å². The van der Waals surface area contributed by atoms with Crippen molar-refractivity contribution >= 4 is 26.2 Å². The molecule has 0 N–H and O–H groups in total. The van der Waals surface area contributed by atoms with Gasteiger partial charge in [-0.2, -0.15) is 0 Å². The van der Waals surface area contributed by atoms with Crippen LogP contribution in [0.15, 0.2) is 60.7 Å². The molecule has 17 heavy (non-hydrogen) atoms. The van der Waals surface area contributed by atoms with Gasteiger partial charge in [-0.15, -0.1) is 0 Å². The molecule has 0 heterocycles. The van der Waals surface area contributed by atoms with Crippen LogP contribution < -0.4 is 10.6 Å². The first-order valence-corrected chi connectivity index (χ1v) is 8.16. The molecule has 2 nitrogen and oxygen atoms in total. The summed E-state index contributed by atoms with van der Waals surface area (Å²) < 4.78 is 24.0. The van der Waals surface area contributed by atoms with Crippen LogP contribution in [0.3, 0.4) is 0 Å². The largest absolute Gasteiger partial charge is 0.428 e. The maximum absolute atomic E-state index is 12.0. The van der Waals surface area contributed by atoms with E-state index in [-0.39, 0.29) is 5.90 Å². The van der Waals surface area contributed by atoms with Crippen molar-refractivity contribution in [2.75, 3.05) is 5.90 Å². The molecule has 2 rings (SSSR count). The summed E-state index contributed by atoms with van der Waals surface area (Å²) in [7, 11) is -3.14. The van der Waals surface area contributed by atoms with Gasteiger partial charge in [0.2, 0.25) is 0 Å². The third-order valence-electron chi connectivity index (χ3n) is 2.35. The minimum Gasteiger partial charge on any atom is -0.0630 e. The standard InChI is InChI=1S/C13H12O2P2/c14-16(12-7-3-1-4-8-12)11-17(15)13-9-5-2-6-10-13/h1-10H,11H2/q+2. The molecule has 2 aromatic carbocycles. The fourth-order valence-corrected chi connectivity index (χ4v) is 4.72. The average Bonchev–Trinajstić information content (AvgIpc) is 2.40. The van der Waals surface area contributed by atoms with Crippen molar-refractivity contribution < 1.29 is 9.13 Å². The summed E-state index contributed by atoms with van der Waals surface area (Å²) in [6, 6.07) is 18.4. The molecule has 2 atom stereocenters. The minimum absolute atomic E-state index is 0.221. The Labute approximate surface area is 102 Å². The summed E-state index contributed by atoms with van der Waals surface area (Å²) in [5.41, 5.74) is 0. The van der Waals surface area contributed by atoms with Gasteiger partial charge >= 0.3 is 21.5 Å². The molecule has 0 fully saturated rings. The molecule has 84 valence electrons. The molecule has 0 aliphatic rings. The van der Waals surface area contributed by atoms with Crippen LogP contribution in [-0.4, -0.2) is 5.90 Å². The van der Waals surface area contributed by atoms with E-state index < -0.39 is 15.6 Å². The second kappa shape index (κ2) is 5.82. The Hall–Kier alpha value is -1.36. The smallest absolute Gasteiger partial charge is 0.0630 e. The molecule has 0 aliphatic carbocycles. The van der Waals surface area contributed by atoms with Crippen molar-refractivity contribution in [1.82, 2.24) is 0 Å². The zero-order chi connectivity index (χ0) is 12.1. The van der Waals surface area contributed by atoms with E-state index in [1.807, 2.05) is 60.7 Å². The average molecular weight is 262 g/mol. The van der Waals surface area contributed by atoms with Crippen LogP contribution >= 0.6 is 15.6 Å². The number of benzene rings is 2. The molecule has 0 saturated carbocycles.